The van der Waals surface area contributed by atoms with E-state index in [2.05, 4.69) is 4.74 Å². The average Bonchev–Trinajstić information content (AvgIpc) is 2.44. The van der Waals surface area contributed by atoms with Gasteiger partial charge in [-0.05, 0) is 18.1 Å². The maximum Gasteiger partial charge on any atom is 0.337 e. The van der Waals surface area contributed by atoms with Gasteiger partial charge in [-0.3, -0.25) is 0 Å². The van der Waals surface area contributed by atoms with Crippen molar-refractivity contribution in [3.05, 3.63) is 47.1 Å². The predicted molar refractivity (Wildman–Crippen MR) is 65.5 cm³/mol. The fraction of sp³-hybridized carbons (Fsp3) is 0.286. The van der Waals surface area contributed by atoms with E-state index in [1.165, 1.54) is 14.2 Å². The molecule has 0 aromatic carbocycles. The molecule has 0 saturated heterocycles. The summed E-state index contributed by atoms with van der Waals surface area (Å²) in [5, 5.41) is 0. The summed E-state index contributed by atoms with van der Waals surface area (Å²) in [5.41, 5.74) is 2.17. The fourth-order valence-electron chi connectivity index (χ4n) is 2.05. The van der Waals surface area contributed by atoms with Gasteiger partial charge in [0.05, 0.1) is 19.8 Å². The first kappa shape index (κ1) is 12.4. The molecule has 0 aromatic heterocycles. The number of hydrogen-bond donors (Lipinski definition) is 0. The molecule has 0 fully saturated rings. The molecule has 2 aliphatic rings. The Balaban J connectivity index is 2.25. The van der Waals surface area contributed by atoms with E-state index in [0.717, 1.165) is 5.57 Å². The van der Waals surface area contributed by atoms with Crippen LogP contribution < -0.4 is 0 Å². The Kier molecular flexibility index (Phi) is 3.46. The van der Waals surface area contributed by atoms with Crippen LogP contribution in [0.15, 0.2) is 47.1 Å². The minimum Gasteiger partial charge on any atom is -0.466 e. The first-order valence-electron chi connectivity index (χ1n) is 5.63. The molecule has 1 atom stereocenters. The summed E-state index contributed by atoms with van der Waals surface area (Å²) in [6.45, 7) is 0. The van der Waals surface area contributed by atoms with Crippen molar-refractivity contribution in [2.45, 2.75) is 6.42 Å². The maximum atomic E-state index is 11.4. The summed E-state index contributed by atoms with van der Waals surface area (Å²) in [6, 6.07) is 0. The zero-order valence-corrected chi connectivity index (χ0v) is 10.3. The van der Waals surface area contributed by atoms with Crippen molar-refractivity contribution in [2.75, 3.05) is 14.2 Å². The van der Waals surface area contributed by atoms with Crippen molar-refractivity contribution in [2.24, 2.45) is 5.92 Å². The molecular weight excluding hydrogens is 232 g/mol. The lowest BCUT2D eigenvalue weighted by atomic mass is 9.83. The standard InChI is InChI=1S/C14H14O4/c1-17-13(15)11-5-3-10-8-12(14(16)18-2)6-4-9(10)7-11/h3-7,10H,8H2,1-2H3/t10-/m1/s1. The smallest absolute Gasteiger partial charge is 0.337 e. The molecule has 0 spiro atoms. The number of carbonyl (C=O) groups is 2. The highest BCUT2D eigenvalue weighted by Gasteiger charge is 2.24. The zero-order chi connectivity index (χ0) is 13.1. The van der Waals surface area contributed by atoms with Crippen molar-refractivity contribution in [1.82, 2.24) is 0 Å². The van der Waals surface area contributed by atoms with Crippen molar-refractivity contribution >= 4 is 11.9 Å². The molecule has 94 valence electrons. The van der Waals surface area contributed by atoms with Gasteiger partial charge in [0, 0.05) is 11.5 Å². The van der Waals surface area contributed by atoms with Crippen LogP contribution in [0.2, 0.25) is 0 Å². The monoisotopic (exact) mass is 246 g/mol. The normalized spacial score (nSPS) is 21.2. The Bertz CT molecular complexity index is 506. The van der Waals surface area contributed by atoms with Crippen LogP contribution in [0.25, 0.3) is 0 Å². The largest absolute Gasteiger partial charge is 0.466 e. The highest BCUT2D eigenvalue weighted by molar-refractivity contribution is 5.93. The van der Waals surface area contributed by atoms with E-state index in [1.54, 1.807) is 18.2 Å². The summed E-state index contributed by atoms with van der Waals surface area (Å²) in [5.74, 6) is -0.535. The SMILES string of the molecule is COC(=O)C1=CC2=CC=C(C(=O)OC)C[C@H]2C=C1. The van der Waals surface area contributed by atoms with E-state index in [1.807, 2.05) is 12.2 Å². The predicted octanol–water partition coefficient (Wildman–Crippen LogP) is 1.70. The van der Waals surface area contributed by atoms with Crippen LogP contribution in [0.3, 0.4) is 0 Å². The second-order valence-corrected chi connectivity index (χ2v) is 4.11. The molecule has 0 saturated carbocycles. The van der Waals surface area contributed by atoms with E-state index >= 15 is 0 Å². The van der Waals surface area contributed by atoms with Gasteiger partial charge in [-0.2, -0.15) is 0 Å². The zero-order valence-electron chi connectivity index (χ0n) is 10.3. The molecule has 0 amide bonds. The first-order valence-corrected chi connectivity index (χ1v) is 5.63. The number of fused-ring (bicyclic) bond motifs is 1. The van der Waals surface area contributed by atoms with Crippen molar-refractivity contribution in [3.8, 4) is 0 Å². The number of hydrogen-bond acceptors (Lipinski definition) is 4. The maximum absolute atomic E-state index is 11.4. The molecule has 4 nitrogen and oxygen atoms in total. The average molecular weight is 246 g/mol. The van der Waals surface area contributed by atoms with E-state index in [4.69, 9.17) is 4.74 Å². The van der Waals surface area contributed by atoms with E-state index in [0.29, 0.717) is 17.6 Å². The van der Waals surface area contributed by atoms with Gasteiger partial charge < -0.3 is 9.47 Å². The lowest BCUT2D eigenvalue weighted by molar-refractivity contribution is -0.137. The lowest BCUT2D eigenvalue weighted by Gasteiger charge is -2.22. The number of carbonyl (C=O) groups excluding carboxylic acids is 2. The number of allylic oxidation sites excluding steroid dienone is 5. The summed E-state index contributed by atoms with van der Waals surface area (Å²) in [4.78, 5) is 22.8. The molecule has 0 radical (unpaired) electrons. The van der Waals surface area contributed by atoms with Crippen LogP contribution in [0.5, 0.6) is 0 Å². The molecule has 0 bridgehead atoms. The molecule has 18 heavy (non-hydrogen) atoms. The van der Waals surface area contributed by atoms with Crippen molar-refractivity contribution < 1.29 is 19.1 Å². The van der Waals surface area contributed by atoms with Gasteiger partial charge in [-0.15, -0.1) is 0 Å². The van der Waals surface area contributed by atoms with E-state index < -0.39 is 0 Å². The van der Waals surface area contributed by atoms with Crippen molar-refractivity contribution in [3.63, 3.8) is 0 Å². The molecule has 2 rings (SSSR count). The van der Waals surface area contributed by atoms with Crippen molar-refractivity contribution in [1.29, 1.82) is 0 Å². The topological polar surface area (TPSA) is 52.6 Å². The minimum atomic E-state index is -0.353. The summed E-state index contributed by atoms with van der Waals surface area (Å²) in [6.07, 6.45) is 9.61. The van der Waals surface area contributed by atoms with E-state index in [9.17, 15) is 9.59 Å². The number of esters is 2. The van der Waals surface area contributed by atoms with Gasteiger partial charge in [0.1, 0.15) is 0 Å². The lowest BCUT2D eigenvalue weighted by Crippen LogP contribution is -2.16. The number of ether oxygens (including phenoxy) is 2. The number of methoxy groups -OCH3 is 2. The Hall–Kier alpha value is -2.10. The summed E-state index contributed by atoms with van der Waals surface area (Å²) >= 11 is 0. The Morgan fingerprint density at radius 2 is 1.89 bits per heavy atom. The quantitative estimate of drug-likeness (QED) is 0.696. The second kappa shape index (κ2) is 5.04. The van der Waals surface area contributed by atoms with Crippen LogP contribution in [-0.4, -0.2) is 26.2 Å². The Morgan fingerprint density at radius 3 is 2.56 bits per heavy atom. The second-order valence-electron chi connectivity index (χ2n) is 4.11. The van der Waals surface area contributed by atoms with Gasteiger partial charge in [0.25, 0.3) is 0 Å². The number of rotatable bonds is 2. The Labute approximate surface area is 105 Å². The molecule has 4 heteroatoms. The third-order valence-electron chi connectivity index (χ3n) is 3.04. The summed E-state index contributed by atoms with van der Waals surface area (Å²) in [7, 11) is 2.72. The third kappa shape index (κ3) is 2.27. The highest BCUT2D eigenvalue weighted by atomic mass is 16.5. The van der Waals surface area contributed by atoms with Crippen LogP contribution in [-0.2, 0) is 19.1 Å². The molecule has 0 aromatic rings. The Morgan fingerprint density at radius 1 is 1.17 bits per heavy atom. The molecule has 0 aliphatic heterocycles. The molecule has 2 aliphatic carbocycles. The van der Waals surface area contributed by atoms with Crippen LogP contribution in [0, 0.1) is 5.92 Å². The van der Waals surface area contributed by atoms with Gasteiger partial charge in [0.2, 0.25) is 0 Å². The molecular formula is C14H14O4. The molecule has 0 heterocycles. The fourth-order valence-corrected chi connectivity index (χ4v) is 2.05. The van der Waals surface area contributed by atoms with Gasteiger partial charge in [0.15, 0.2) is 0 Å². The van der Waals surface area contributed by atoms with Gasteiger partial charge in [-0.1, -0.05) is 24.3 Å². The molecule has 0 N–H and O–H groups in total. The van der Waals surface area contributed by atoms with E-state index in [-0.39, 0.29) is 17.9 Å². The third-order valence-corrected chi connectivity index (χ3v) is 3.04. The first-order chi connectivity index (χ1) is 8.65. The van der Waals surface area contributed by atoms with Gasteiger partial charge >= 0.3 is 11.9 Å². The molecule has 0 unspecified atom stereocenters. The summed E-state index contributed by atoms with van der Waals surface area (Å²) < 4.78 is 9.37. The highest BCUT2D eigenvalue weighted by Crippen LogP contribution is 2.32. The minimum absolute atomic E-state index is 0.123. The van der Waals surface area contributed by atoms with Crippen LogP contribution >= 0.6 is 0 Å². The van der Waals surface area contributed by atoms with Gasteiger partial charge in [-0.25, -0.2) is 9.59 Å². The van der Waals surface area contributed by atoms with Crippen LogP contribution in [0.4, 0.5) is 0 Å². The van der Waals surface area contributed by atoms with Crippen LogP contribution in [0.1, 0.15) is 6.42 Å².